The van der Waals surface area contributed by atoms with E-state index >= 15 is 0 Å². The van der Waals surface area contributed by atoms with E-state index in [1.165, 1.54) is 16.4 Å². The van der Waals surface area contributed by atoms with Crippen LogP contribution in [-0.2, 0) is 10.2 Å². The summed E-state index contributed by atoms with van der Waals surface area (Å²) in [5.74, 6) is 0.176. The molecule has 0 saturated carbocycles. The van der Waals surface area contributed by atoms with Crippen LogP contribution in [0.4, 0.5) is 4.39 Å². The summed E-state index contributed by atoms with van der Waals surface area (Å²) in [6, 6.07) is 5.89. The molecule has 1 saturated heterocycles. The molecule has 2 N–H and O–H groups in total. The number of nitrogens with two attached hydrogens (primary N) is 1. The Bertz CT molecular complexity index is 536. The van der Waals surface area contributed by atoms with Gasteiger partial charge in [0.1, 0.15) is 11.6 Å². The topological polar surface area (TPSA) is 72.6 Å². The Kier molecular flexibility index (Phi) is 4.38. The highest BCUT2D eigenvalue weighted by molar-refractivity contribution is 7.86. The van der Waals surface area contributed by atoms with Crippen molar-refractivity contribution in [1.29, 1.82) is 0 Å². The Balaban J connectivity index is 1.89. The van der Waals surface area contributed by atoms with E-state index in [-0.39, 0.29) is 11.7 Å². The van der Waals surface area contributed by atoms with E-state index in [1.54, 1.807) is 12.1 Å². The van der Waals surface area contributed by atoms with Crippen molar-refractivity contribution in [3.05, 3.63) is 30.1 Å². The van der Waals surface area contributed by atoms with Gasteiger partial charge in [-0.15, -0.1) is 0 Å². The van der Waals surface area contributed by atoms with E-state index in [1.807, 2.05) is 0 Å². The van der Waals surface area contributed by atoms with E-state index in [2.05, 4.69) is 0 Å². The third-order valence-electron chi connectivity index (χ3n) is 3.12. The smallest absolute Gasteiger partial charge is 0.276 e. The van der Waals surface area contributed by atoms with Crippen LogP contribution < -0.4 is 9.88 Å². The Morgan fingerprint density at radius 2 is 2.26 bits per heavy atom. The normalized spacial score (nSPS) is 21.3. The SMILES string of the molecule is NS(=O)(=O)N1CCC[C@@H](COc2cccc(F)c2)C1. The lowest BCUT2D eigenvalue weighted by atomic mass is 10.0. The largest absolute Gasteiger partial charge is 0.493 e. The minimum atomic E-state index is -3.63. The molecule has 0 aliphatic carbocycles. The molecule has 0 amide bonds. The number of halogens is 1. The molecule has 7 heteroatoms. The Hall–Kier alpha value is -1.18. The summed E-state index contributed by atoms with van der Waals surface area (Å²) in [6.07, 6.45) is 1.63. The lowest BCUT2D eigenvalue weighted by molar-refractivity contribution is 0.180. The van der Waals surface area contributed by atoms with Crippen LogP contribution in [0.25, 0.3) is 0 Å². The Morgan fingerprint density at radius 1 is 1.47 bits per heavy atom. The maximum Gasteiger partial charge on any atom is 0.276 e. The fourth-order valence-electron chi connectivity index (χ4n) is 2.16. The molecule has 1 heterocycles. The maximum absolute atomic E-state index is 13.0. The van der Waals surface area contributed by atoms with Crippen molar-refractivity contribution in [3.63, 3.8) is 0 Å². The summed E-state index contributed by atoms with van der Waals surface area (Å²) >= 11 is 0. The molecule has 5 nitrogen and oxygen atoms in total. The van der Waals surface area contributed by atoms with E-state index < -0.39 is 10.2 Å². The zero-order valence-corrected chi connectivity index (χ0v) is 11.3. The predicted molar refractivity (Wildman–Crippen MR) is 69.3 cm³/mol. The molecule has 1 aromatic carbocycles. The van der Waals surface area contributed by atoms with Crippen molar-refractivity contribution in [2.45, 2.75) is 12.8 Å². The van der Waals surface area contributed by atoms with Gasteiger partial charge in [-0.2, -0.15) is 12.7 Å². The summed E-state index contributed by atoms with van der Waals surface area (Å²) in [5.41, 5.74) is 0. The molecule has 0 unspecified atom stereocenters. The minimum Gasteiger partial charge on any atom is -0.493 e. The van der Waals surface area contributed by atoms with Crippen LogP contribution >= 0.6 is 0 Å². The molecule has 0 aromatic heterocycles. The predicted octanol–water partition coefficient (Wildman–Crippen LogP) is 1.12. The van der Waals surface area contributed by atoms with Crippen molar-refractivity contribution >= 4 is 10.2 Å². The third-order valence-corrected chi connectivity index (χ3v) is 4.17. The van der Waals surface area contributed by atoms with Gasteiger partial charge in [0.25, 0.3) is 10.2 Å². The van der Waals surface area contributed by atoms with Crippen molar-refractivity contribution in [2.24, 2.45) is 11.1 Å². The summed E-state index contributed by atoms with van der Waals surface area (Å²) in [6.45, 7) is 1.17. The van der Waals surface area contributed by atoms with Crippen LogP contribution in [0.3, 0.4) is 0 Å². The molecular weight excluding hydrogens is 271 g/mol. The molecule has 2 rings (SSSR count). The number of hydrogen-bond donors (Lipinski definition) is 1. The maximum atomic E-state index is 13.0. The highest BCUT2D eigenvalue weighted by atomic mass is 32.2. The summed E-state index contributed by atoms with van der Waals surface area (Å²) in [4.78, 5) is 0. The van der Waals surface area contributed by atoms with Crippen LogP contribution in [0.15, 0.2) is 24.3 Å². The van der Waals surface area contributed by atoms with Gasteiger partial charge < -0.3 is 4.74 Å². The van der Waals surface area contributed by atoms with Crippen LogP contribution in [-0.4, -0.2) is 32.4 Å². The van der Waals surface area contributed by atoms with Crippen LogP contribution in [0.1, 0.15) is 12.8 Å². The molecular formula is C12H17FN2O3S. The first kappa shape index (κ1) is 14.2. The molecule has 1 fully saturated rings. The summed E-state index contributed by atoms with van der Waals surface area (Å²) < 4.78 is 42.2. The number of nitrogens with zero attached hydrogens (tertiary/aromatic N) is 1. The van der Waals surface area contributed by atoms with Crippen molar-refractivity contribution in [1.82, 2.24) is 4.31 Å². The number of rotatable bonds is 4. The third kappa shape index (κ3) is 4.15. The van der Waals surface area contributed by atoms with Gasteiger partial charge in [0.05, 0.1) is 6.61 Å². The van der Waals surface area contributed by atoms with E-state index in [4.69, 9.17) is 9.88 Å². The number of benzene rings is 1. The number of piperidine rings is 1. The minimum absolute atomic E-state index is 0.0790. The molecule has 19 heavy (non-hydrogen) atoms. The zero-order valence-electron chi connectivity index (χ0n) is 10.5. The Labute approximate surface area is 112 Å². The highest BCUT2D eigenvalue weighted by Gasteiger charge is 2.26. The first-order valence-corrected chi connectivity index (χ1v) is 7.62. The van der Waals surface area contributed by atoms with Crippen LogP contribution in [0.2, 0.25) is 0 Å². The second-order valence-corrected chi connectivity index (χ2v) is 6.23. The van der Waals surface area contributed by atoms with Gasteiger partial charge in [-0.1, -0.05) is 6.07 Å². The van der Waals surface area contributed by atoms with Gasteiger partial charge in [-0.05, 0) is 25.0 Å². The summed E-state index contributed by atoms with van der Waals surface area (Å²) in [7, 11) is -3.63. The molecule has 0 bridgehead atoms. The molecule has 0 spiro atoms. The van der Waals surface area contributed by atoms with E-state index in [9.17, 15) is 12.8 Å². The van der Waals surface area contributed by atoms with Crippen LogP contribution in [0.5, 0.6) is 5.75 Å². The molecule has 1 aliphatic rings. The highest BCUT2D eigenvalue weighted by Crippen LogP contribution is 2.20. The quantitative estimate of drug-likeness (QED) is 0.902. The molecule has 1 aromatic rings. The molecule has 106 valence electrons. The lowest BCUT2D eigenvalue weighted by Gasteiger charge is -2.30. The first-order chi connectivity index (χ1) is 8.95. The van der Waals surface area contributed by atoms with Gasteiger partial charge in [0.15, 0.2) is 0 Å². The average molecular weight is 288 g/mol. The van der Waals surface area contributed by atoms with E-state index in [0.717, 1.165) is 12.8 Å². The monoisotopic (exact) mass is 288 g/mol. The van der Waals surface area contributed by atoms with Gasteiger partial charge in [-0.25, -0.2) is 9.53 Å². The summed E-state index contributed by atoms with van der Waals surface area (Å²) in [5, 5.41) is 5.11. The van der Waals surface area contributed by atoms with Gasteiger partial charge in [0.2, 0.25) is 0 Å². The zero-order chi connectivity index (χ0) is 13.9. The van der Waals surface area contributed by atoms with Gasteiger partial charge in [-0.3, -0.25) is 0 Å². The first-order valence-electron chi connectivity index (χ1n) is 6.11. The van der Waals surface area contributed by atoms with Crippen LogP contribution in [0, 0.1) is 11.7 Å². The fourth-order valence-corrected chi connectivity index (χ4v) is 2.97. The average Bonchev–Trinajstić information content (AvgIpc) is 2.36. The van der Waals surface area contributed by atoms with Gasteiger partial charge in [0, 0.05) is 25.1 Å². The van der Waals surface area contributed by atoms with Gasteiger partial charge >= 0.3 is 0 Å². The fraction of sp³-hybridized carbons (Fsp3) is 0.500. The van der Waals surface area contributed by atoms with E-state index in [0.29, 0.717) is 25.4 Å². The van der Waals surface area contributed by atoms with Crippen molar-refractivity contribution < 1.29 is 17.5 Å². The second-order valence-electron chi connectivity index (χ2n) is 4.68. The van der Waals surface area contributed by atoms with Crippen molar-refractivity contribution in [3.8, 4) is 5.75 Å². The second kappa shape index (κ2) is 5.85. The lowest BCUT2D eigenvalue weighted by Crippen LogP contribution is -2.44. The number of ether oxygens (including phenoxy) is 1. The standard InChI is InChI=1S/C12H17FN2O3S/c13-11-4-1-5-12(7-11)18-9-10-3-2-6-15(8-10)19(14,16)17/h1,4-5,7,10H,2-3,6,8-9H2,(H2,14,16,17)/t10-/m1/s1. The number of hydrogen-bond acceptors (Lipinski definition) is 3. The molecule has 1 aliphatic heterocycles. The Morgan fingerprint density at radius 3 is 2.95 bits per heavy atom. The van der Waals surface area contributed by atoms with Crippen molar-refractivity contribution in [2.75, 3.05) is 19.7 Å². The molecule has 0 radical (unpaired) electrons. The molecule has 1 atom stereocenters.